The Morgan fingerprint density at radius 1 is 1.10 bits per heavy atom. The molecule has 0 unspecified atom stereocenters. The van der Waals surface area contributed by atoms with Gasteiger partial charge in [0.05, 0.1) is 6.10 Å². The smallest absolute Gasteiger partial charge is 0.351 e. The summed E-state index contributed by atoms with van der Waals surface area (Å²) in [4.78, 5) is 16.2. The summed E-state index contributed by atoms with van der Waals surface area (Å²) in [5.41, 5.74) is 7.94. The van der Waals surface area contributed by atoms with Gasteiger partial charge in [-0.2, -0.15) is 4.98 Å². The third kappa shape index (κ3) is 4.61. The molecule has 8 heteroatoms. The Morgan fingerprint density at radius 2 is 1.84 bits per heavy atom. The maximum Gasteiger partial charge on any atom is 0.351 e. The molecule has 4 rings (SSSR count). The second kappa shape index (κ2) is 8.89. The van der Waals surface area contributed by atoms with Gasteiger partial charge >= 0.3 is 5.69 Å². The van der Waals surface area contributed by atoms with Crippen LogP contribution in [0.3, 0.4) is 0 Å². The number of nitrogen functional groups attached to an aromatic ring is 1. The van der Waals surface area contributed by atoms with Crippen molar-refractivity contribution in [1.29, 1.82) is 0 Å². The van der Waals surface area contributed by atoms with Gasteiger partial charge in [-0.15, -0.1) is 0 Å². The zero-order valence-electron chi connectivity index (χ0n) is 17.1. The minimum absolute atomic E-state index is 0.109. The molecule has 0 bridgehead atoms. The van der Waals surface area contributed by atoms with Gasteiger partial charge < -0.3 is 25.4 Å². The molecule has 3 aromatic rings. The summed E-state index contributed by atoms with van der Waals surface area (Å²) in [6, 6.07) is 17.5. The average molecular weight is 423 g/mol. The molecule has 1 saturated heterocycles. The SMILES string of the molecule is C[C@H]1O[C@@H](n2cc(Cc3cccc(OCc4ccccc4)c3)c(N)nc2=O)[C@H](O)[C@@H]1O. The van der Waals surface area contributed by atoms with Gasteiger partial charge in [0.25, 0.3) is 0 Å². The highest BCUT2D eigenvalue weighted by Crippen LogP contribution is 2.29. The van der Waals surface area contributed by atoms with E-state index in [1.54, 1.807) is 6.92 Å². The highest BCUT2D eigenvalue weighted by Gasteiger charge is 2.41. The first-order valence-electron chi connectivity index (χ1n) is 10.1. The Bertz CT molecular complexity index is 1100. The minimum Gasteiger partial charge on any atom is -0.489 e. The second-order valence-corrected chi connectivity index (χ2v) is 7.65. The summed E-state index contributed by atoms with van der Waals surface area (Å²) in [5, 5.41) is 20.2. The van der Waals surface area contributed by atoms with Gasteiger partial charge in [-0.25, -0.2) is 4.79 Å². The lowest BCUT2D eigenvalue weighted by Gasteiger charge is -2.18. The van der Waals surface area contributed by atoms with Gasteiger partial charge in [-0.1, -0.05) is 42.5 Å². The lowest BCUT2D eigenvalue weighted by Crippen LogP contribution is -2.36. The molecule has 0 spiro atoms. The van der Waals surface area contributed by atoms with Gasteiger partial charge in [0.15, 0.2) is 6.23 Å². The molecule has 0 radical (unpaired) electrons. The molecule has 2 aromatic carbocycles. The number of rotatable bonds is 6. The van der Waals surface area contributed by atoms with E-state index in [0.717, 1.165) is 11.1 Å². The van der Waals surface area contributed by atoms with Crippen LogP contribution in [0.1, 0.15) is 29.8 Å². The van der Waals surface area contributed by atoms with E-state index in [0.29, 0.717) is 24.3 Å². The number of nitrogens with zero attached hydrogens (tertiary/aromatic N) is 2. The first-order valence-corrected chi connectivity index (χ1v) is 10.1. The normalized spacial score (nSPS) is 23.1. The van der Waals surface area contributed by atoms with Crippen LogP contribution in [-0.4, -0.2) is 38.1 Å². The standard InChI is InChI=1S/C23H25N3O5/c1-14-19(27)20(28)22(31-14)26-12-17(21(24)25-23(26)29)10-16-8-5-9-18(11-16)30-13-15-6-3-2-4-7-15/h2-9,11-12,14,19-20,22,27-28H,10,13H2,1H3,(H2,24,25,29)/t14-,19-,20-,22-/m1/s1. The van der Waals surface area contributed by atoms with Crippen LogP contribution in [0.5, 0.6) is 5.75 Å². The van der Waals surface area contributed by atoms with Crippen molar-refractivity contribution in [3.63, 3.8) is 0 Å². The minimum atomic E-state index is -1.24. The Balaban J connectivity index is 1.53. The van der Waals surface area contributed by atoms with E-state index >= 15 is 0 Å². The van der Waals surface area contributed by atoms with E-state index in [1.165, 1.54) is 10.8 Å². The molecule has 1 aliphatic heterocycles. The van der Waals surface area contributed by atoms with Gasteiger partial charge in [-0.05, 0) is 30.2 Å². The number of hydrogen-bond acceptors (Lipinski definition) is 7. The molecule has 1 aromatic heterocycles. The number of aromatic nitrogens is 2. The summed E-state index contributed by atoms with van der Waals surface area (Å²) in [6.07, 6.45) is -2.02. The third-order valence-corrected chi connectivity index (χ3v) is 5.35. The molecule has 1 aliphatic rings. The molecule has 2 heterocycles. The Kier molecular flexibility index (Phi) is 6.03. The molecule has 0 saturated carbocycles. The molecule has 4 atom stereocenters. The van der Waals surface area contributed by atoms with Crippen molar-refractivity contribution < 1.29 is 19.7 Å². The van der Waals surface area contributed by atoms with Gasteiger partial charge in [0, 0.05) is 18.2 Å². The lowest BCUT2D eigenvalue weighted by atomic mass is 10.1. The van der Waals surface area contributed by atoms with E-state index in [4.69, 9.17) is 15.2 Å². The lowest BCUT2D eigenvalue weighted by molar-refractivity contribution is -0.0351. The zero-order valence-corrected chi connectivity index (χ0v) is 17.1. The summed E-state index contributed by atoms with van der Waals surface area (Å²) in [7, 11) is 0. The van der Waals surface area contributed by atoms with Crippen LogP contribution in [0.4, 0.5) is 5.82 Å². The van der Waals surface area contributed by atoms with Crippen molar-refractivity contribution in [2.45, 2.75) is 44.5 Å². The summed E-state index contributed by atoms with van der Waals surface area (Å²) < 4.78 is 12.6. The Hall–Kier alpha value is -3.20. The number of nitrogens with two attached hydrogens (primary N) is 1. The van der Waals surface area contributed by atoms with Crippen molar-refractivity contribution in [2.24, 2.45) is 0 Å². The fraction of sp³-hybridized carbons (Fsp3) is 0.304. The number of ether oxygens (including phenoxy) is 2. The van der Waals surface area contributed by atoms with E-state index in [1.807, 2.05) is 54.6 Å². The van der Waals surface area contributed by atoms with Crippen LogP contribution in [0.15, 0.2) is 65.6 Å². The summed E-state index contributed by atoms with van der Waals surface area (Å²) in [5.74, 6) is 0.825. The predicted molar refractivity (Wildman–Crippen MR) is 115 cm³/mol. The molecule has 162 valence electrons. The van der Waals surface area contributed by atoms with Crippen molar-refractivity contribution in [1.82, 2.24) is 9.55 Å². The fourth-order valence-electron chi connectivity index (χ4n) is 3.60. The first kappa shape index (κ1) is 21.0. The first-order chi connectivity index (χ1) is 14.9. The van der Waals surface area contributed by atoms with Gasteiger partial charge in [-0.3, -0.25) is 4.57 Å². The fourth-order valence-corrected chi connectivity index (χ4v) is 3.60. The van der Waals surface area contributed by atoms with E-state index in [2.05, 4.69) is 4.98 Å². The largest absolute Gasteiger partial charge is 0.489 e. The summed E-state index contributed by atoms with van der Waals surface area (Å²) >= 11 is 0. The van der Waals surface area contributed by atoms with Crippen LogP contribution in [0.2, 0.25) is 0 Å². The monoisotopic (exact) mass is 423 g/mol. The van der Waals surface area contributed by atoms with E-state index < -0.39 is 30.2 Å². The van der Waals surface area contributed by atoms with Crippen molar-refractivity contribution in [3.05, 3.63) is 88.0 Å². The van der Waals surface area contributed by atoms with Crippen LogP contribution in [-0.2, 0) is 17.8 Å². The van der Waals surface area contributed by atoms with E-state index in [-0.39, 0.29) is 5.82 Å². The average Bonchev–Trinajstić information content (AvgIpc) is 3.02. The Labute approximate surface area is 179 Å². The number of hydrogen-bond donors (Lipinski definition) is 3. The van der Waals surface area contributed by atoms with Crippen molar-refractivity contribution in [2.75, 3.05) is 5.73 Å². The molecular formula is C23H25N3O5. The zero-order chi connectivity index (χ0) is 22.0. The van der Waals surface area contributed by atoms with Crippen LogP contribution < -0.4 is 16.2 Å². The van der Waals surface area contributed by atoms with Crippen LogP contribution >= 0.6 is 0 Å². The second-order valence-electron chi connectivity index (χ2n) is 7.65. The number of benzene rings is 2. The van der Waals surface area contributed by atoms with E-state index in [9.17, 15) is 15.0 Å². The summed E-state index contributed by atoms with van der Waals surface area (Å²) in [6.45, 7) is 2.09. The number of aliphatic hydroxyl groups is 2. The predicted octanol–water partition coefficient (Wildman–Crippen LogP) is 1.63. The molecular weight excluding hydrogens is 398 g/mol. The maximum absolute atomic E-state index is 12.3. The molecule has 8 nitrogen and oxygen atoms in total. The van der Waals surface area contributed by atoms with Gasteiger partial charge in [0.2, 0.25) is 0 Å². The highest BCUT2D eigenvalue weighted by molar-refractivity contribution is 5.42. The topological polar surface area (TPSA) is 120 Å². The number of aliphatic hydroxyl groups excluding tert-OH is 2. The highest BCUT2D eigenvalue weighted by atomic mass is 16.6. The molecule has 31 heavy (non-hydrogen) atoms. The molecule has 0 amide bonds. The van der Waals surface area contributed by atoms with Crippen LogP contribution in [0, 0.1) is 0 Å². The Morgan fingerprint density at radius 3 is 2.55 bits per heavy atom. The molecule has 4 N–H and O–H groups in total. The third-order valence-electron chi connectivity index (χ3n) is 5.35. The molecule has 1 fully saturated rings. The number of anilines is 1. The maximum atomic E-state index is 12.3. The van der Waals surface area contributed by atoms with Crippen molar-refractivity contribution >= 4 is 5.82 Å². The van der Waals surface area contributed by atoms with Crippen molar-refractivity contribution in [3.8, 4) is 5.75 Å². The molecule has 0 aliphatic carbocycles. The quantitative estimate of drug-likeness (QED) is 0.551. The van der Waals surface area contributed by atoms with Gasteiger partial charge in [0.1, 0.15) is 30.4 Å². The van der Waals surface area contributed by atoms with Crippen LogP contribution in [0.25, 0.3) is 0 Å².